The molecule has 0 amide bonds. The predicted molar refractivity (Wildman–Crippen MR) is 75.4 cm³/mol. The summed E-state index contributed by atoms with van der Waals surface area (Å²) in [6.45, 7) is 6.81. The third-order valence-corrected chi connectivity index (χ3v) is 3.66. The maximum Gasteiger partial charge on any atom is 0.303 e. The van der Waals surface area contributed by atoms with Crippen LogP contribution in [0.15, 0.2) is 16.9 Å². The number of nitrogens with zero attached hydrogens (tertiary/aromatic N) is 1. The van der Waals surface area contributed by atoms with E-state index in [2.05, 4.69) is 11.5 Å². The molecule has 0 aliphatic carbocycles. The molecule has 4 nitrogen and oxygen atoms in total. The highest BCUT2D eigenvalue weighted by Crippen LogP contribution is 2.17. The average molecular weight is 265 g/mol. The molecule has 1 aromatic rings. The van der Waals surface area contributed by atoms with Crippen LogP contribution in [-0.4, -0.2) is 15.6 Å². The molecule has 0 aliphatic heterocycles. The van der Waals surface area contributed by atoms with Crippen LogP contribution in [0.2, 0.25) is 0 Å². The summed E-state index contributed by atoms with van der Waals surface area (Å²) in [4.78, 5) is 22.0. The van der Waals surface area contributed by atoms with E-state index in [1.54, 1.807) is 12.1 Å². The zero-order chi connectivity index (χ0) is 14.4. The Balaban J connectivity index is 2.64. The quantitative estimate of drug-likeness (QED) is 0.824. The first kappa shape index (κ1) is 15.5. The molecule has 1 aromatic heterocycles. The molecule has 19 heavy (non-hydrogen) atoms. The van der Waals surface area contributed by atoms with Crippen LogP contribution >= 0.6 is 0 Å². The molecule has 0 aromatic carbocycles. The Hall–Kier alpha value is -1.58. The van der Waals surface area contributed by atoms with Crippen molar-refractivity contribution in [1.29, 1.82) is 0 Å². The minimum absolute atomic E-state index is 0.0455. The van der Waals surface area contributed by atoms with E-state index in [4.69, 9.17) is 5.11 Å². The number of carboxylic acids is 1. The van der Waals surface area contributed by atoms with E-state index in [-0.39, 0.29) is 11.8 Å². The zero-order valence-corrected chi connectivity index (χ0v) is 12.0. The van der Waals surface area contributed by atoms with Crippen LogP contribution in [0.4, 0.5) is 0 Å². The second kappa shape index (κ2) is 7.12. The van der Waals surface area contributed by atoms with Crippen LogP contribution in [0, 0.1) is 19.8 Å². The molecule has 0 saturated heterocycles. The molecule has 1 N–H and O–H groups in total. The largest absolute Gasteiger partial charge is 0.481 e. The molecular formula is C15H23NO3. The van der Waals surface area contributed by atoms with Crippen molar-refractivity contribution in [3.63, 3.8) is 0 Å². The van der Waals surface area contributed by atoms with Crippen molar-refractivity contribution in [1.82, 2.24) is 4.57 Å². The number of carbonyl (C=O) groups is 1. The van der Waals surface area contributed by atoms with E-state index in [0.29, 0.717) is 5.92 Å². The van der Waals surface area contributed by atoms with Crippen molar-refractivity contribution in [2.45, 2.75) is 53.0 Å². The van der Waals surface area contributed by atoms with Crippen LogP contribution in [0.25, 0.3) is 0 Å². The molecule has 1 rings (SSSR count). The fourth-order valence-corrected chi connectivity index (χ4v) is 2.43. The summed E-state index contributed by atoms with van der Waals surface area (Å²) in [5, 5.41) is 8.72. The van der Waals surface area contributed by atoms with Crippen LogP contribution < -0.4 is 5.43 Å². The summed E-state index contributed by atoms with van der Waals surface area (Å²) < 4.78 is 2.13. The smallest absolute Gasteiger partial charge is 0.303 e. The normalized spacial score (nSPS) is 12.4. The van der Waals surface area contributed by atoms with Gasteiger partial charge in [0.05, 0.1) is 0 Å². The predicted octanol–water partition coefficient (Wildman–Crippen LogP) is 2.75. The van der Waals surface area contributed by atoms with E-state index in [0.717, 1.165) is 37.2 Å². The topological polar surface area (TPSA) is 59.3 Å². The number of carboxylic acid groups (broad SMARTS) is 1. The molecule has 0 spiro atoms. The monoisotopic (exact) mass is 265 g/mol. The van der Waals surface area contributed by atoms with Gasteiger partial charge in [-0.3, -0.25) is 9.59 Å². The second-order valence-electron chi connectivity index (χ2n) is 5.12. The van der Waals surface area contributed by atoms with Gasteiger partial charge in [0, 0.05) is 36.5 Å². The second-order valence-corrected chi connectivity index (χ2v) is 5.12. The first-order chi connectivity index (χ1) is 8.93. The van der Waals surface area contributed by atoms with Gasteiger partial charge in [-0.15, -0.1) is 0 Å². The molecule has 1 heterocycles. The van der Waals surface area contributed by atoms with Gasteiger partial charge in [-0.1, -0.05) is 13.3 Å². The molecular weight excluding hydrogens is 242 g/mol. The molecule has 0 saturated carbocycles. The Labute approximate surface area is 114 Å². The highest BCUT2D eigenvalue weighted by Gasteiger charge is 2.10. The highest BCUT2D eigenvalue weighted by molar-refractivity contribution is 5.66. The van der Waals surface area contributed by atoms with Crippen molar-refractivity contribution < 1.29 is 9.90 Å². The van der Waals surface area contributed by atoms with Crippen molar-refractivity contribution in [2.24, 2.45) is 5.92 Å². The van der Waals surface area contributed by atoms with E-state index < -0.39 is 5.97 Å². The Morgan fingerprint density at radius 1 is 1.26 bits per heavy atom. The lowest BCUT2D eigenvalue weighted by molar-refractivity contribution is -0.137. The summed E-state index contributed by atoms with van der Waals surface area (Å²) in [6.07, 6.45) is 2.91. The van der Waals surface area contributed by atoms with Crippen molar-refractivity contribution in [3.8, 4) is 0 Å². The van der Waals surface area contributed by atoms with Gasteiger partial charge in [-0.2, -0.15) is 0 Å². The molecule has 1 atom stereocenters. The number of aryl methyl sites for hydroxylation is 2. The first-order valence-corrected chi connectivity index (χ1v) is 6.84. The van der Waals surface area contributed by atoms with Crippen LogP contribution in [0.3, 0.4) is 0 Å². The van der Waals surface area contributed by atoms with Gasteiger partial charge < -0.3 is 9.67 Å². The third-order valence-electron chi connectivity index (χ3n) is 3.66. The standard InChI is InChI=1S/C15H23NO3/c1-4-13(5-6-15(18)19)7-8-16-11(2)9-14(17)10-12(16)3/h9-10,13H,4-8H2,1-3H3,(H,18,19). The van der Waals surface area contributed by atoms with Gasteiger partial charge in [0.1, 0.15) is 0 Å². The van der Waals surface area contributed by atoms with Gasteiger partial charge in [-0.05, 0) is 32.6 Å². The number of rotatable bonds is 7. The maximum absolute atomic E-state index is 11.4. The Kier molecular flexibility index (Phi) is 5.80. The fraction of sp³-hybridized carbons (Fsp3) is 0.600. The SMILES string of the molecule is CCC(CCC(=O)O)CCn1c(C)cc(=O)cc1C. The van der Waals surface area contributed by atoms with Crippen molar-refractivity contribution in [3.05, 3.63) is 33.7 Å². The summed E-state index contributed by atoms with van der Waals surface area (Å²) in [5.74, 6) is -0.302. The minimum atomic E-state index is -0.728. The Morgan fingerprint density at radius 3 is 2.32 bits per heavy atom. The average Bonchev–Trinajstić information content (AvgIpc) is 2.31. The molecule has 4 heteroatoms. The third kappa shape index (κ3) is 4.89. The fourth-order valence-electron chi connectivity index (χ4n) is 2.43. The van der Waals surface area contributed by atoms with E-state index >= 15 is 0 Å². The van der Waals surface area contributed by atoms with Gasteiger partial charge in [-0.25, -0.2) is 0 Å². The minimum Gasteiger partial charge on any atom is -0.481 e. The van der Waals surface area contributed by atoms with Gasteiger partial charge in [0.25, 0.3) is 0 Å². The number of aliphatic carboxylic acids is 1. The lowest BCUT2D eigenvalue weighted by atomic mass is 9.96. The zero-order valence-electron chi connectivity index (χ0n) is 12.0. The number of aromatic nitrogens is 1. The summed E-state index contributed by atoms with van der Waals surface area (Å²) in [6, 6.07) is 3.29. The van der Waals surface area contributed by atoms with Crippen molar-refractivity contribution in [2.75, 3.05) is 0 Å². The summed E-state index contributed by atoms with van der Waals surface area (Å²) >= 11 is 0. The molecule has 0 aliphatic rings. The number of pyridine rings is 1. The molecule has 106 valence electrons. The van der Waals surface area contributed by atoms with E-state index in [9.17, 15) is 9.59 Å². The molecule has 0 fully saturated rings. The van der Waals surface area contributed by atoms with Gasteiger partial charge in [0.15, 0.2) is 5.43 Å². The van der Waals surface area contributed by atoms with E-state index in [1.807, 2.05) is 13.8 Å². The molecule has 0 radical (unpaired) electrons. The van der Waals surface area contributed by atoms with E-state index in [1.165, 1.54) is 0 Å². The highest BCUT2D eigenvalue weighted by atomic mass is 16.4. The van der Waals surface area contributed by atoms with Crippen LogP contribution in [0.5, 0.6) is 0 Å². The van der Waals surface area contributed by atoms with Gasteiger partial charge >= 0.3 is 5.97 Å². The Morgan fingerprint density at radius 2 is 1.84 bits per heavy atom. The van der Waals surface area contributed by atoms with Crippen molar-refractivity contribution >= 4 is 5.97 Å². The maximum atomic E-state index is 11.4. The van der Waals surface area contributed by atoms with Gasteiger partial charge in [0.2, 0.25) is 0 Å². The molecule has 0 bridgehead atoms. The van der Waals surface area contributed by atoms with Crippen LogP contribution in [-0.2, 0) is 11.3 Å². The lowest BCUT2D eigenvalue weighted by Gasteiger charge is -2.18. The number of hydrogen-bond acceptors (Lipinski definition) is 2. The lowest BCUT2D eigenvalue weighted by Crippen LogP contribution is -2.15. The Bertz CT molecular complexity index is 464. The summed E-state index contributed by atoms with van der Waals surface area (Å²) in [7, 11) is 0. The summed E-state index contributed by atoms with van der Waals surface area (Å²) in [5.41, 5.74) is 1.99. The molecule has 1 unspecified atom stereocenters. The first-order valence-electron chi connectivity index (χ1n) is 6.84. The number of hydrogen-bond donors (Lipinski definition) is 1. The van der Waals surface area contributed by atoms with Crippen LogP contribution in [0.1, 0.15) is 44.0 Å².